The van der Waals surface area contributed by atoms with Gasteiger partial charge in [-0.05, 0) is 25.8 Å². The molecule has 0 bridgehead atoms. The molecule has 1 aromatic rings. The number of para-hydroxylation sites is 1. The minimum atomic E-state index is -0.364. The van der Waals surface area contributed by atoms with Crippen molar-refractivity contribution >= 4 is 5.69 Å². The molecule has 14 heavy (non-hydrogen) atoms. The second kappa shape index (κ2) is 3.62. The van der Waals surface area contributed by atoms with Crippen LogP contribution in [0.2, 0.25) is 0 Å². The van der Waals surface area contributed by atoms with E-state index in [1.165, 1.54) is 11.3 Å². The monoisotopic (exact) mass is 191 g/mol. The largest absolute Gasteiger partial charge is 0.389 e. The zero-order chi connectivity index (χ0) is 10.1. The van der Waals surface area contributed by atoms with Crippen LogP contribution in [0.25, 0.3) is 0 Å². The van der Waals surface area contributed by atoms with Gasteiger partial charge in [-0.25, -0.2) is 0 Å². The molecule has 1 N–H and O–H groups in total. The third-order valence-electron chi connectivity index (χ3n) is 2.95. The van der Waals surface area contributed by atoms with Crippen LogP contribution in [0.15, 0.2) is 18.2 Å². The van der Waals surface area contributed by atoms with E-state index in [4.69, 9.17) is 0 Å². The predicted molar refractivity (Wildman–Crippen MR) is 58.7 cm³/mol. The van der Waals surface area contributed by atoms with Gasteiger partial charge in [0, 0.05) is 24.3 Å². The number of hydrogen-bond acceptors (Lipinski definition) is 2. The topological polar surface area (TPSA) is 23.5 Å². The number of fused-ring (bicyclic) bond motifs is 1. The van der Waals surface area contributed by atoms with Crippen molar-refractivity contribution in [3.05, 3.63) is 29.3 Å². The Morgan fingerprint density at radius 1 is 1.50 bits per heavy atom. The lowest BCUT2D eigenvalue weighted by molar-refractivity contribution is 0.199. The second-order valence-corrected chi connectivity index (χ2v) is 3.86. The smallest absolute Gasteiger partial charge is 0.0782 e. The first-order valence-corrected chi connectivity index (χ1v) is 5.28. The van der Waals surface area contributed by atoms with E-state index in [9.17, 15) is 5.11 Å². The average Bonchev–Trinajstić information content (AvgIpc) is 2.59. The molecule has 0 saturated heterocycles. The van der Waals surface area contributed by atoms with Crippen LogP contribution in [-0.4, -0.2) is 18.2 Å². The second-order valence-electron chi connectivity index (χ2n) is 3.86. The Morgan fingerprint density at radius 3 is 2.93 bits per heavy atom. The standard InChI is InChI=1S/C12H17NO/c1-3-13-8-7-10-5-4-6-11(9(2)14)12(10)13/h4-6,9,14H,3,7-8H2,1-2H3. The minimum absolute atomic E-state index is 0.364. The first-order valence-electron chi connectivity index (χ1n) is 5.28. The molecule has 0 aromatic heterocycles. The van der Waals surface area contributed by atoms with Gasteiger partial charge in [0.1, 0.15) is 0 Å². The van der Waals surface area contributed by atoms with E-state index in [0.29, 0.717) is 0 Å². The number of aliphatic hydroxyl groups is 1. The number of likely N-dealkylation sites (N-methyl/N-ethyl adjacent to an activating group) is 1. The summed E-state index contributed by atoms with van der Waals surface area (Å²) in [6.07, 6.45) is 0.751. The van der Waals surface area contributed by atoms with E-state index in [2.05, 4.69) is 17.9 Å². The lowest BCUT2D eigenvalue weighted by atomic mass is 10.0. The minimum Gasteiger partial charge on any atom is -0.389 e. The Bertz CT molecular complexity index is 333. The van der Waals surface area contributed by atoms with E-state index < -0.39 is 0 Å². The van der Waals surface area contributed by atoms with Crippen molar-refractivity contribution in [2.24, 2.45) is 0 Å². The third kappa shape index (κ3) is 1.40. The fourth-order valence-corrected chi connectivity index (χ4v) is 2.22. The molecule has 1 aliphatic rings. The van der Waals surface area contributed by atoms with Crippen LogP contribution in [-0.2, 0) is 6.42 Å². The third-order valence-corrected chi connectivity index (χ3v) is 2.95. The van der Waals surface area contributed by atoms with Gasteiger partial charge >= 0.3 is 0 Å². The summed E-state index contributed by atoms with van der Waals surface area (Å²) in [4.78, 5) is 2.34. The molecule has 1 aliphatic heterocycles. The molecule has 76 valence electrons. The van der Waals surface area contributed by atoms with Crippen LogP contribution in [0.4, 0.5) is 5.69 Å². The molecule has 0 amide bonds. The molecule has 0 spiro atoms. The van der Waals surface area contributed by atoms with E-state index in [1.54, 1.807) is 0 Å². The zero-order valence-corrected chi connectivity index (χ0v) is 8.83. The normalized spacial score (nSPS) is 16.9. The number of nitrogens with zero attached hydrogens (tertiary/aromatic N) is 1. The van der Waals surface area contributed by atoms with Crippen LogP contribution in [0.5, 0.6) is 0 Å². The SMILES string of the molecule is CCN1CCc2cccc(C(C)O)c21. The van der Waals surface area contributed by atoms with E-state index in [1.807, 2.05) is 19.1 Å². The summed E-state index contributed by atoms with van der Waals surface area (Å²) in [5.74, 6) is 0. The maximum atomic E-state index is 9.67. The molecule has 0 radical (unpaired) electrons. The summed E-state index contributed by atoms with van der Waals surface area (Å²) in [6.45, 7) is 6.11. The van der Waals surface area contributed by atoms with Crippen molar-refractivity contribution in [3.8, 4) is 0 Å². The summed E-state index contributed by atoms with van der Waals surface area (Å²) in [5, 5.41) is 9.67. The van der Waals surface area contributed by atoms with E-state index >= 15 is 0 Å². The molecule has 1 unspecified atom stereocenters. The van der Waals surface area contributed by atoms with Gasteiger partial charge in [-0.1, -0.05) is 18.2 Å². The van der Waals surface area contributed by atoms with Crippen molar-refractivity contribution in [1.82, 2.24) is 0 Å². The van der Waals surface area contributed by atoms with Gasteiger partial charge in [0.2, 0.25) is 0 Å². The Morgan fingerprint density at radius 2 is 2.29 bits per heavy atom. The van der Waals surface area contributed by atoms with E-state index in [-0.39, 0.29) is 6.10 Å². The quantitative estimate of drug-likeness (QED) is 0.774. The van der Waals surface area contributed by atoms with E-state index in [0.717, 1.165) is 25.1 Å². The van der Waals surface area contributed by atoms with Crippen molar-refractivity contribution in [2.45, 2.75) is 26.4 Å². The first kappa shape index (κ1) is 9.53. The van der Waals surface area contributed by atoms with Gasteiger partial charge in [-0.3, -0.25) is 0 Å². The highest BCUT2D eigenvalue weighted by atomic mass is 16.3. The fourth-order valence-electron chi connectivity index (χ4n) is 2.22. The predicted octanol–water partition coefficient (Wildman–Crippen LogP) is 2.12. The van der Waals surface area contributed by atoms with Crippen LogP contribution >= 0.6 is 0 Å². The zero-order valence-electron chi connectivity index (χ0n) is 8.83. The molecule has 0 aliphatic carbocycles. The number of hydrogen-bond donors (Lipinski definition) is 1. The van der Waals surface area contributed by atoms with Crippen LogP contribution in [0.3, 0.4) is 0 Å². The molecule has 1 heterocycles. The average molecular weight is 191 g/mol. The number of rotatable bonds is 2. The Labute approximate surface area is 85.2 Å². The molecule has 0 saturated carbocycles. The Kier molecular flexibility index (Phi) is 2.46. The first-order chi connectivity index (χ1) is 6.74. The molecule has 1 atom stereocenters. The summed E-state index contributed by atoms with van der Waals surface area (Å²) in [7, 11) is 0. The maximum Gasteiger partial charge on any atom is 0.0782 e. The van der Waals surface area contributed by atoms with Gasteiger partial charge < -0.3 is 10.0 Å². The summed E-state index contributed by atoms with van der Waals surface area (Å²) in [5.41, 5.74) is 3.72. The van der Waals surface area contributed by atoms with Gasteiger partial charge in [0.05, 0.1) is 6.10 Å². The molecular weight excluding hydrogens is 174 g/mol. The molecule has 1 aromatic carbocycles. The van der Waals surface area contributed by atoms with Crippen molar-refractivity contribution < 1.29 is 5.11 Å². The van der Waals surface area contributed by atoms with Gasteiger partial charge in [0.15, 0.2) is 0 Å². The number of benzene rings is 1. The number of anilines is 1. The van der Waals surface area contributed by atoms with Crippen molar-refractivity contribution in [2.75, 3.05) is 18.0 Å². The molecule has 2 heteroatoms. The van der Waals surface area contributed by atoms with Crippen LogP contribution in [0.1, 0.15) is 31.1 Å². The lowest BCUT2D eigenvalue weighted by Crippen LogP contribution is -2.20. The highest BCUT2D eigenvalue weighted by molar-refractivity contribution is 5.63. The Hall–Kier alpha value is -1.02. The van der Waals surface area contributed by atoms with Crippen molar-refractivity contribution in [3.63, 3.8) is 0 Å². The molecule has 2 nitrogen and oxygen atoms in total. The lowest BCUT2D eigenvalue weighted by Gasteiger charge is -2.21. The molecular formula is C12H17NO. The molecule has 2 rings (SSSR count). The maximum absolute atomic E-state index is 9.67. The van der Waals surface area contributed by atoms with Crippen LogP contribution in [0, 0.1) is 0 Å². The van der Waals surface area contributed by atoms with Gasteiger partial charge in [-0.15, -0.1) is 0 Å². The van der Waals surface area contributed by atoms with Gasteiger partial charge in [-0.2, -0.15) is 0 Å². The summed E-state index contributed by atoms with van der Waals surface area (Å²) in [6, 6.07) is 6.23. The summed E-state index contributed by atoms with van der Waals surface area (Å²) < 4.78 is 0. The molecule has 0 fully saturated rings. The Balaban J connectivity index is 2.48. The van der Waals surface area contributed by atoms with Gasteiger partial charge in [0.25, 0.3) is 0 Å². The summed E-state index contributed by atoms with van der Waals surface area (Å²) >= 11 is 0. The highest BCUT2D eigenvalue weighted by Gasteiger charge is 2.22. The van der Waals surface area contributed by atoms with Crippen LogP contribution < -0.4 is 4.90 Å². The highest BCUT2D eigenvalue weighted by Crippen LogP contribution is 2.34. The fraction of sp³-hybridized carbons (Fsp3) is 0.500. The number of aliphatic hydroxyl groups excluding tert-OH is 1. The van der Waals surface area contributed by atoms with Crippen molar-refractivity contribution in [1.29, 1.82) is 0 Å².